The zero-order valence-corrected chi connectivity index (χ0v) is 35.1. The molecule has 11 nitrogen and oxygen atoms in total. The Morgan fingerprint density at radius 3 is 1.41 bits per heavy atom. The largest absolute Gasteiger partial charge is 0.493 e. The number of fused-ring (bicyclic) bond motifs is 6. The Labute approximate surface area is 339 Å². The minimum Gasteiger partial charge on any atom is -0.493 e. The first kappa shape index (κ1) is 41.7. The van der Waals surface area contributed by atoms with Crippen LogP contribution in [0, 0.1) is 6.92 Å². The summed E-state index contributed by atoms with van der Waals surface area (Å²) in [5.74, 6) is 1.45. The highest BCUT2D eigenvalue weighted by Crippen LogP contribution is 2.53. The van der Waals surface area contributed by atoms with Crippen molar-refractivity contribution in [1.82, 2.24) is 0 Å². The van der Waals surface area contributed by atoms with Crippen molar-refractivity contribution in [2.45, 2.75) is 92.0 Å². The fourth-order valence-electron chi connectivity index (χ4n) is 6.97. The molecule has 0 saturated heterocycles. The van der Waals surface area contributed by atoms with Gasteiger partial charge in [0.05, 0.1) is 7.11 Å². The molecule has 5 aromatic rings. The van der Waals surface area contributed by atoms with Gasteiger partial charge in [-0.15, -0.1) is 0 Å². The highest BCUT2D eigenvalue weighted by atomic mass is 16.6. The molecular weight excluding hydrogens is 741 g/mol. The fraction of sp³-hybridized carbons (Fsp3) is 0.383. The summed E-state index contributed by atoms with van der Waals surface area (Å²) in [4.78, 5) is 37.5. The van der Waals surface area contributed by atoms with E-state index in [2.05, 4.69) is 0 Å². The Bertz CT molecular complexity index is 2250. The van der Waals surface area contributed by atoms with Gasteiger partial charge in [0, 0.05) is 17.0 Å². The van der Waals surface area contributed by atoms with Crippen LogP contribution in [0.5, 0.6) is 34.5 Å². The molecule has 0 spiro atoms. The molecule has 0 atom stereocenters. The fourth-order valence-corrected chi connectivity index (χ4v) is 6.97. The molecule has 0 aliphatic carbocycles. The van der Waals surface area contributed by atoms with E-state index in [-0.39, 0.29) is 25.7 Å². The van der Waals surface area contributed by atoms with Crippen molar-refractivity contribution in [2.24, 2.45) is 0 Å². The average molecular weight is 793 g/mol. The molecule has 0 radical (unpaired) electrons. The van der Waals surface area contributed by atoms with Crippen LogP contribution in [0.25, 0.3) is 21.5 Å². The van der Waals surface area contributed by atoms with Gasteiger partial charge in [0.2, 0.25) is 0 Å². The van der Waals surface area contributed by atoms with Crippen molar-refractivity contribution in [3.63, 3.8) is 0 Å². The Morgan fingerprint density at radius 2 is 1.00 bits per heavy atom. The van der Waals surface area contributed by atoms with E-state index in [0.29, 0.717) is 34.5 Å². The number of carbonyl (C=O) groups excluding carboxylic acids is 3. The second-order valence-electron chi connectivity index (χ2n) is 17.3. The van der Waals surface area contributed by atoms with Crippen LogP contribution in [0.15, 0.2) is 72.8 Å². The molecule has 0 unspecified atom stereocenters. The molecule has 58 heavy (non-hydrogen) atoms. The SMILES string of the molecule is COc1cc(C2c3c(ccc4cc(OCC(=O)OC(C)(C)C)ccc34)Oc3ccc4cc(OCC(=O)OC(C)(C)C)ccc4c32)cc(C)c1OCC(=O)OC(C)(C)C. The Kier molecular flexibility index (Phi) is 11.6. The maximum atomic E-state index is 12.6. The maximum absolute atomic E-state index is 12.6. The number of methoxy groups -OCH3 is 1. The Hall–Kier alpha value is -5.97. The van der Waals surface area contributed by atoms with Gasteiger partial charge in [-0.1, -0.05) is 30.3 Å². The van der Waals surface area contributed by atoms with Gasteiger partial charge in [-0.05, 0) is 144 Å². The zero-order valence-electron chi connectivity index (χ0n) is 35.1. The summed E-state index contributed by atoms with van der Waals surface area (Å²) in [6.07, 6.45) is 0. The van der Waals surface area contributed by atoms with Crippen LogP contribution in [0.4, 0.5) is 0 Å². The van der Waals surface area contributed by atoms with Crippen molar-refractivity contribution in [2.75, 3.05) is 26.9 Å². The third kappa shape index (κ3) is 9.93. The number of hydrogen-bond donors (Lipinski definition) is 0. The number of hydrogen-bond acceptors (Lipinski definition) is 11. The Morgan fingerprint density at radius 1 is 0.569 bits per heavy atom. The molecule has 306 valence electrons. The number of benzene rings is 5. The predicted octanol–water partition coefficient (Wildman–Crippen LogP) is 9.76. The van der Waals surface area contributed by atoms with Crippen LogP contribution in [-0.2, 0) is 28.6 Å². The van der Waals surface area contributed by atoms with Crippen LogP contribution in [0.1, 0.15) is 90.5 Å². The third-order valence-corrected chi connectivity index (χ3v) is 8.91. The van der Waals surface area contributed by atoms with Gasteiger partial charge in [-0.3, -0.25) is 0 Å². The van der Waals surface area contributed by atoms with Gasteiger partial charge < -0.3 is 37.9 Å². The smallest absolute Gasteiger partial charge is 0.344 e. The number of rotatable bonds is 11. The lowest BCUT2D eigenvalue weighted by Crippen LogP contribution is -2.27. The van der Waals surface area contributed by atoms with E-state index >= 15 is 0 Å². The molecule has 0 N–H and O–H groups in total. The van der Waals surface area contributed by atoms with Gasteiger partial charge in [0.1, 0.15) is 39.8 Å². The van der Waals surface area contributed by atoms with Crippen LogP contribution in [0.2, 0.25) is 0 Å². The number of carbonyl (C=O) groups is 3. The molecular formula is C47H52O11. The van der Waals surface area contributed by atoms with Crippen molar-refractivity contribution in [1.29, 1.82) is 0 Å². The first-order valence-electron chi connectivity index (χ1n) is 19.2. The summed E-state index contributed by atoms with van der Waals surface area (Å²) >= 11 is 0. The molecule has 0 amide bonds. The van der Waals surface area contributed by atoms with Crippen molar-refractivity contribution < 1.29 is 52.3 Å². The van der Waals surface area contributed by atoms with Crippen molar-refractivity contribution in [3.05, 3.63) is 95.1 Å². The summed E-state index contributed by atoms with van der Waals surface area (Å²) in [5, 5.41) is 3.57. The van der Waals surface area contributed by atoms with Gasteiger partial charge in [-0.25, -0.2) is 14.4 Å². The van der Waals surface area contributed by atoms with Gasteiger partial charge in [0.15, 0.2) is 31.3 Å². The summed E-state index contributed by atoms with van der Waals surface area (Å²) < 4.78 is 46.7. The monoisotopic (exact) mass is 792 g/mol. The van der Waals surface area contributed by atoms with E-state index in [0.717, 1.165) is 43.8 Å². The molecule has 1 aliphatic rings. The minimum absolute atomic E-state index is 0.232. The van der Waals surface area contributed by atoms with Crippen molar-refractivity contribution >= 4 is 39.5 Å². The lowest BCUT2D eigenvalue weighted by atomic mass is 9.78. The molecule has 6 rings (SSSR count). The number of aryl methyl sites for hydroxylation is 1. The molecule has 1 heterocycles. The third-order valence-electron chi connectivity index (χ3n) is 8.91. The normalized spacial score (nSPS) is 12.9. The molecule has 0 fully saturated rings. The summed E-state index contributed by atoms with van der Waals surface area (Å²) in [7, 11) is 1.56. The van der Waals surface area contributed by atoms with Crippen LogP contribution in [-0.4, -0.2) is 61.6 Å². The summed E-state index contributed by atoms with van der Waals surface area (Å²) in [5.41, 5.74) is 1.54. The van der Waals surface area contributed by atoms with E-state index < -0.39 is 34.7 Å². The highest BCUT2D eigenvalue weighted by molar-refractivity contribution is 5.96. The summed E-state index contributed by atoms with van der Waals surface area (Å²) in [6, 6.07) is 23.1. The van der Waals surface area contributed by atoms with E-state index in [4.69, 9.17) is 37.9 Å². The minimum atomic E-state index is -0.658. The standard InChI is InChI=1S/C47H52O11/c1-27-20-30(23-37(51-11)44(27)54-26-40(50)58-47(8,9)10)41-42-33-16-14-31(52-24-38(48)56-45(2,3)4)21-28(33)12-18-35(42)55-36-19-13-29-22-32(15-17-34(29)43(36)41)53-25-39(49)57-46(5,6)7/h12-23,41H,24-26H2,1-11H3. The first-order valence-corrected chi connectivity index (χ1v) is 19.2. The number of ether oxygens (including phenoxy) is 8. The molecule has 0 aromatic heterocycles. The van der Waals surface area contributed by atoms with E-state index in [1.165, 1.54) is 0 Å². The van der Waals surface area contributed by atoms with Crippen LogP contribution < -0.4 is 23.7 Å². The number of esters is 3. The highest BCUT2D eigenvalue weighted by Gasteiger charge is 2.34. The van der Waals surface area contributed by atoms with Crippen LogP contribution in [0.3, 0.4) is 0 Å². The second-order valence-corrected chi connectivity index (χ2v) is 17.3. The van der Waals surface area contributed by atoms with Gasteiger partial charge in [0.25, 0.3) is 0 Å². The Balaban J connectivity index is 1.45. The predicted molar refractivity (Wildman–Crippen MR) is 221 cm³/mol. The first-order chi connectivity index (χ1) is 27.2. The lowest BCUT2D eigenvalue weighted by Gasteiger charge is -2.32. The van der Waals surface area contributed by atoms with E-state index in [1.807, 2.05) is 121 Å². The van der Waals surface area contributed by atoms with Gasteiger partial charge in [-0.2, -0.15) is 0 Å². The molecule has 0 saturated carbocycles. The van der Waals surface area contributed by atoms with E-state index in [1.54, 1.807) is 27.9 Å². The summed E-state index contributed by atoms with van der Waals surface area (Å²) in [6.45, 7) is 17.4. The molecule has 1 aliphatic heterocycles. The van der Waals surface area contributed by atoms with Crippen molar-refractivity contribution in [3.8, 4) is 34.5 Å². The van der Waals surface area contributed by atoms with E-state index in [9.17, 15) is 14.4 Å². The molecule has 0 bridgehead atoms. The average Bonchev–Trinajstić information content (AvgIpc) is 3.12. The van der Waals surface area contributed by atoms with Gasteiger partial charge >= 0.3 is 17.9 Å². The molecule has 11 heteroatoms. The topological polar surface area (TPSA) is 125 Å². The lowest BCUT2D eigenvalue weighted by molar-refractivity contribution is -0.158. The second kappa shape index (κ2) is 16.1. The molecule has 5 aromatic carbocycles. The van der Waals surface area contributed by atoms with Crippen LogP contribution >= 0.6 is 0 Å². The quantitative estimate of drug-likeness (QED) is 0.0920. The maximum Gasteiger partial charge on any atom is 0.344 e. The zero-order chi connectivity index (χ0) is 42.2.